The summed E-state index contributed by atoms with van der Waals surface area (Å²) in [7, 11) is 2.43. The average Bonchev–Trinajstić information content (AvgIpc) is 3.12. The fourth-order valence-corrected chi connectivity index (χ4v) is 5.36. The van der Waals surface area contributed by atoms with Gasteiger partial charge in [0.05, 0.1) is 15.9 Å². The van der Waals surface area contributed by atoms with Crippen LogP contribution in [0.2, 0.25) is 0 Å². The maximum atomic E-state index is 12.8. The molecule has 34 heavy (non-hydrogen) atoms. The largest absolute Gasteiger partial charge is 0.331 e. The van der Waals surface area contributed by atoms with Crippen LogP contribution in [0.1, 0.15) is 31.7 Å². The van der Waals surface area contributed by atoms with Crippen molar-refractivity contribution in [1.29, 1.82) is 0 Å². The third-order valence-electron chi connectivity index (χ3n) is 5.95. The summed E-state index contributed by atoms with van der Waals surface area (Å²) in [5.74, 6) is 0.652. The molecule has 184 valence electrons. The first kappa shape index (κ1) is 25.9. The number of carbonyl (C=O) groups is 1. The predicted molar refractivity (Wildman–Crippen MR) is 136 cm³/mol. The van der Waals surface area contributed by atoms with Gasteiger partial charge in [-0.3, -0.25) is 4.79 Å². The van der Waals surface area contributed by atoms with Gasteiger partial charge in [0.25, 0.3) is 0 Å². The lowest BCUT2D eigenvalue weighted by Crippen LogP contribution is -2.30. The van der Waals surface area contributed by atoms with E-state index < -0.39 is 10.0 Å². The van der Waals surface area contributed by atoms with Crippen LogP contribution in [-0.2, 0) is 34.7 Å². The minimum atomic E-state index is -3.55. The Morgan fingerprint density at radius 1 is 1.03 bits per heavy atom. The van der Waals surface area contributed by atoms with E-state index in [0.29, 0.717) is 25.0 Å². The van der Waals surface area contributed by atoms with Crippen molar-refractivity contribution >= 4 is 32.7 Å². The number of sulfonamides is 1. The Morgan fingerprint density at radius 2 is 1.71 bits per heavy atom. The molecule has 3 aromatic rings. The summed E-state index contributed by atoms with van der Waals surface area (Å²) in [6.07, 6.45) is 1.70. The lowest BCUT2D eigenvalue weighted by molar-refractivity contribution is -0.116. The van der Waals surface area contributed by atoms with Crippen LogP contribution in [0.15, 0.2) is 47.4 Å². The number of benzene rings is 2. The fraction of sp³-hybridized carbons (Fsp3) is 0.440. The fourth-order valence-electron chi connectivity index (χ4n) is 3.88. The van der Waals surface area contributed by atoms with Gasteiger partial charge in [-0.15, -0.1) is 0 Å². The predicted octanol–water partition coefficient (Wildman–Crippen LogP) is 3.28. The highest BCUT2D eigenvalue weighted by atomic mass is 32.2. The van der Waals surface area contributed by atoms with E-state index in [4.69, 9.17) is 0 Å². The molecule has 0 saturated carbocycles. The molecule has 0 fully saturated rings. The maximum absolute atomic E-state index is 12.8. The third-order valence-corrected chi connectivity index (χ3v) is 8.00. The summed E-state index contributed by atoms with van der Waals surface area (Å²) in [4.78, 5) is 19.5. The Balaban J connectivity index is 1.66. The van der Waals surface area contributed by atoms with Crippen molar-refractivity contribution in [1.82, 2.24) is 18.8 Å². The third kappa shape index (κ3) is 6.02. The number of amides is 1. The number of anilines is 1. The molecule has 0 radical (unpaired) electrons. The zero-order valence-corrected chi connectivity index (χ0v) is 21.5. The Labute approximate surface area is 202 Å². The summed E-state index contributed by atoms with van der Waals surface area (Å²) in [5.41, 5.74) is 3.45. The molecule has 1 aromatic heterocycles. The molecular formula is C25H35N5O3S. The minimum Gasteiger partial charge on any atom is -0.331 e. The molecule has 0 aliphatic carbocycles. The molecule has 0 aliphatic rings. The molecule has 9 heteroatoms. The molecule has 0 spiro atoms. The average molecular weight is 486 g/mol. The van der Waals surface area contributed by atoms with Gasteiger partial charge in [0, 0.05) is 45.2 Å². The molecule has 0 aliphatic heterocycles. The molecule has 0 atom stereocenters. The molecule has 1 heterocycles. The van der Waals surface area contributed by atoms with Crippen LogP contribution in [0.25, 0.3) is 11.0 Å². The topological polar surface area (TPSA) is 87.5 Å². The van der Waals surface area contributed by atoms with Crippen molar-refractivity contribution in [3.63, 3.8) is 0 Å². The summed E-state index contributed by atoms with van der Waals surface area (Å²) in [5, 5.41) is 2.94. The zero-order valence-electron chi connectivity index (χ0n) is 20.7. The number of aryl methyl sites for hydroxylation is 2. The van der Waals surface area contributed by atoms with Gasteiger partial charge in [-0.05, 0) is 56.4 Å². The second-order valence-electron chi connectivity index (χ2n) is 8.63. The number of hydrogen-bond acceptors (Lipinski definition) is 5. The Morgan fingerprint density at radius 3 is 2.32 bits per heavy atom. The van der Waals surface area contributed by atoms with Gasteiger partial charge >= 0.3 is 0 Å². The quantitative estimate of drug-likeness (QED) is 0.450. The molecule has 2 aromatic carbocycles. The van der Waals surface area contributed by atoms with Crippen LogP contribution in [0.5, 0.6) is 0 Å². The molecule has 1 N–H and O–H groups in total. The number of rotatable bonds is 11. The van der Waals surface area contributed by atoms with Crippen molar-refractivity contribution in [2.24, 2.45) is 7.05 Å². The number of nitrogens with one attached hydrogen (secondary N) is 1. The number of likely N-dealkylation sites (N-methyl/N-ethyl adjacent to an activating group) is 1. The van der Waals surface area contributed by atoms with E-state index in [9.17, 15) is 13.2 Å². The number of fused-ring (bicyclic) bond motifs is 1. The van der Waals surface area contributed by atoms with Crippen molar-refractivity contribution in [2.75, 3.05) is 39.0 Å². The van der Waals surface area contributed by atoms with Gasteiger partial charge in [-0.2, -0.15) is 4.31 Å². The SMILES string of the molecule is CCN(CC)S(=O)(=O)c1ccc2c(c1)nc(CCC(=O)Nc1ccc(CCN(C)C)cc1)n2C. The number of carbonyl (C=O) groups excluding carboxylic acids is 1. The van der Waals surface area contributed by atoms with Crippen LogP contribution in [-0.4, -0.2) is 66.8 Å². The second kappa shape index (κ2) is 11.1. The summed E-state index contributed by atoms with van der Waals surface area (Å²) >= 11 is 0. The first-order valence-electron chi connectivity index (χ1n) is 11.6. The Hall–Kier alpha value is -2.75. The van der Waals surface area contributed by atoms with Crippen LogP contribution in [0.3, 0.4) is 0 Å². The summed E-state index contributed by atoms with van der Waals surface area (Å²) in [6.45, 7) is 5.45. The highest BCUT2D eigenvalue weighted by Gasteiger charge is 2.22. The molecular weight excluding hydrogens is 450 g/mol. The first-order chi connectivity index (χ1) is 16.1. The van der Waals surface area contributed by atoms with E-state index in [2.05, 4.69) is 15.2 Å². The number of aromatic nitrogens is 2. The second-order valence-corrected chi connectivity index (χ2v) is 10.6. The van der Waals surface area contributed by atoms with E-state index in [1.807, 2.05) is 63.8 Å². The molecule has 3 rings (SSSR count). The van der Waals surface area contributed by atoms with E-state index in [1.54, 1.807) is 18.2 Å². The summed E-state index contributed by atoms with van der Waals surface area (Å²) < 4.78 is 29.0. The van der Waals surface area contributed by atoms with Crippen LogP contribution >= 0.6 is 0 Å². The monoisotopic (exact) mass is 485 g/mol. The molecule has 0 unspecified atom stereocenters. The van der Waals surface area contributed by atoms with E-state index >= 15 is 0 Å². The Bertz CT molecular complexity index is 1230. The van der Waals surface area contributed by atoms with Crippen LogP contribution in [0, 0.1) is 0 Å². The number of hydrogen-bond donors (Lipinski definition) is 1. The van der Waals surface area contributed by atoms with Gasteiger partial charge in [0.1, 0.15) is 5.82 Å². The Kier molecular flexibility index (Phi) is 8.46. The van der Waals surface area contributed by atoms with Crippen molar-refractivity contribution in [3.05, 3.63) is 53.9 Å². The van der Waals surface area contributed by atoms with Crippen molar-refractivity contribution in [3.8, 4) is 0 Å². The number of imidazole rings is 1. The maximum Gasteiger partial charge on any atom is 0.243 e. The first-order valence-corrected chi connectivity index (χ1v) is 13.1. The molecule has 0 bridgehead atoms. The van der Waals surface area contributed by atoms with E-state index in [-0.39, 0.29) is 17.2 Å². The molecule has 8 nitrogen and oxygen atoms in total. The van der Waals surface area contributed by atoms with E-state index in [0.717, 1.165) is 30.0 Å². The normalized spacial score (nSPS) is 12.1. The highest BCUT2D eigenvalue weighted by molar-refractivity contribution is 7.89. The van der Waals surface area contributed by atoms with Gasteiger partial charge < -0.3 is 14.8 Å². The van der Waals surface area contributed by atoms with Gasteiger partial charge in [-0.1, -0.05) is 26.0 Å². The molecule has 1 amide bonds. The minimum absolute atomic E-state index is 0.0853. The van der Waals surface area contributed by atoms with Gasteiger partial charge in [0.2, 0.25) is 15.9 Å². The highest BCUT2D eigenvalue weighted by Crippen LogP contribution is 2.23. The van der Waals surface area contributed by atoms with Crippen molar-refractivity contribution in [2.45, 2.75) is 38.0 Å². The van der Waals surface area contributed by atoms with Crippen LogP contribution < -0.4 is 5.32 Å². The standard InChI is InChI=1S/C25H35N5O3S/c1-6-30(7-2)34(32,33)21-12-13-23-22(18-21)27-24(29(23)5)14-15-25(31)26-20-10-8-19(9-11-20)16-17-28(3)4/h8-13,18H,6-7,14-17H2,1-5H3,(H,26,31). The van der Waals surface area contributed by atoms with Crippen LogP contribution in [0.4, 0.5) is 5.69 Å². The van der Waals surface area contributed by atoms with Crippen molar-refractivity contribution < 1.29 is 13.2 Å². The number of nitrogens with zero attached hydrogens (tertiary/aromatic N) is 4. The lowest BCUT2D eigenvalue weighted by Gasteiger charge is -2.18. The van der Waals surface area contributed by atoms with E-state index in [1.165, 1.54) is 9.87 Å². The lowest BCUT2D eigenvalue weighted by atomic mass is 10.1. The smallest absolute Gasteiger partial charge is 0.243 e. The zero-order chi connectivity index (χ0) is 24.9. The molecule has 0 saturated heterocycles. The van der Waals surface area contributed by atoms with Gasteiger partial charge in [0.15, 0.2) is 0 Å². The van der Waals surface area contributed by atoms with Gasteiger partial charge in [-0.25, -0.2) is 13.4 Å². The summed E-state index contributed by atoms with van der Waals surface area (Å²) in [6, 6.07) is 12.9.